The predicted octanol–water partition coefficient (Wildman–Crippen LogP) is 2.64. The Kier molecular flexibility index (Phi) is 4.74. The van der Waals surface area contributed by atoms with Crippen LogP contribution in [0.5, 0.6) is 5.75 Å². The van der Waals surface area contributed by atoms with Crippen molar-refractivity contribution < 1.29 is 9.13 Å². The van der Waals surface area contributed by atoms with Crippen LogP contribution in [0.4, 0.5) is 4.39 Å². The fourth-order valence-corrected chi connectivity index (χ4v) is 1.84. The van der Waals surface area contributed by atoms with E-state index in [1.165, 1.54) is 12.1 Å². The van der Waals surface area contributed by atoms with Crippen LogP contribution >= 0.6 is 0 Å². The first-order valence-electron chi connectivity index (χ1n) is 6.66. The van der Waals surface area contributed by atoms with Crippen molar-refractivity contribution in [1.29, 1.82) is 0 Å². The average Bonchev–Trinajstić information content (AvgIpc) is 2.79. The van der Waals surface area contributed by atoms with Crippen molar-refractivity contribution in [3.05, 3.63) is 47.5 Å². The van der Waals surface area contributed by atoms with Gasteiger partial charge >= 0.3 is 0 Å². The molecule has 0 aliphatic heterocycles. The highest BCUT2D eigenvalue weighted by molar-refractivity contribution is 5.29. The minimum atomic E-state index is -0.283. The van der Waals surface area contributed by atoms with Crippen LogP contribution in [0, 0.1) is 5.82 Å². The topological polar surface area (TPSA) is 39.1 Å². The second-order valence-electron chi connectivity index (χ2n) is 5.14. The van der Waals surface area contributed by atoms with E-state index in [0.29, 0.717) is 24.9 Å². The normalized spacial score (nSPS) is 11.1. The van der Waals surface area contributed by atoms with Gasteiger partial charge in [0, 0.05) is 37.5 Å². The summed E-state index contributed by atoms with van der Waals surface area (Å²) in [6, 6.07) is 5.13. The highest BCUT2D eigenvalue weighted by Crippen LogP contribution is 2.18. The number of hydrogen-bond donors (Lipinski definition) is 1. The van der Waals surface area contributed by atoms with Gasteiger partial charge in [0.1, 0.15) is 18.2 Å². The number of halogens is 1. The monoisotopic (exact) mass is 277 g/mol. The summed E-state index contributed by atoms with van der Waals surface area (Å²) in [5.41, 5.74) is 1.83. The summed E-state index contributed by atoms with van der Waals surface area (Å²) < 4.78 is 20.9. The largest absolute Gasteiger partial charge is 0.489 e. The van der Waals surface area contributed by atoms with E-state index in [0.717, 1.165) is 11.1 Å². The average molecular weight is 277 g/mol. The van der Waals surface area contributed by atoms with E-state index >= 15 is 0 Å². The van der Waals surface area contributed by atoms with Crippen molar-refractivity contribution >= 4 is 0 Å². The van der Waals surface area contributed by atoms with Crippen LogP contribution in [-0.4, -0.2) is 15.8 Å². The highest BCUT2D eigenvalue weighted by Gasteiger charge is 2.04. The molecule has 0 amide bonds. The molecule has 0 atom stereocenters. The molecule has 5 heteroatoms. The zero-order chi connectivity index (χ0) is 14.5. The molecule has 20 heavy (non-hydrogen) atoms. The number of rotatable bonds is 6. The maximum atomic E-state index is 13.6. The van der Waals surface area contributed by atoms with Gasteiger partial charge < -0.3 is 10.1 Å². The Morgan fingerprint density at radius 1 is 1.30 bits per heavy atom. The predicted molar refractivity (Wildman–Crippen MR) is 75.9 cm³/mol. The third-order valence-corrected chi connectivity index (χ3v) is 2.81. The summed E-state index contributed by atoms with van der Waals surface area (Å²) >= 11 is 0. The minimum absolute atomic E-state index is 0.283. The van der Waals surface area contributed by atoms with Crippen molar-refractivity contribution in [3.63, 3.8) is 0 Å². The van der Waals surface area contributed by atoms with E-state index in [4.69, 9.17) is 4.74 Å². The Labute approximate surface area is 118 Å². The van der Waals surface area contributed by atoms with Gasteiger partial charge in [-0.05, 0) is 17.7 Å². The van der Waals surface area contributed by atoms with Gasteiger partial charge in [-0.15, -0.1) is 0 Å². The summed E-state index contributed by atoms with van der Waals surface area (Å²) in [6.07, 6.45) is 3.61. The Balaban J connectivity index is 2.00. The number of benzene rings is 1. The first-order valence-corrected chi connectivity index (χ1v) is 6.66. The van der Waals surface area contributed by atoms with Gasteiger partial charge in [0.05, 0.1) is 6.20 Å². The molecular formula is C15H20FN3O. The second kappa shape index (κ2) is 6.52. The maximum Gasteiger partial charge on any atom is 0.127 e. The molecule has 0 saturated carbocycles. The summed E-state index contributed by atoms with van der Waals surface area (Å²) in [7, 11) is 1.85. The summed E-state index contributed by atoms with van der Waals surface area (Å²) in [5.74, 6) is 0.253. The lowest BCUT2D eigenvalue weighted by molar-refractivity contribution is 0.304. The molecule has 1 aromatic heterocycles. The van der Waals surface area contributed by atoms with E-state index in [9.17, 15) is 4.39 Å². The Morgan fingerprint density at radius 3 is 2.75 bits per heavy atom. The number of aromatic nitrogens is 2. The van der Waals surface area contributed by atoms with Gasteiger partial charge in [-0.25, -0.2) is 4.39 Å². The molecule has 0 bridgehead atoms. The second-order valence-corrected chi connectivity index (χ2v) is 5.14. The van der Waals surface area contributed by atoms with E-state index in [1.807, 2.05) is 19.3 Å². The van der Waals surface area contributed by atoms with Crippen LogP contribution in [0.25, 0.3) is 0 Å². The molecular weight excluding hydrogens is 257 g/mol. The molecule has 108 valence electrons. The first kappa shape index (κ1) is 14.5. The molecule has 0 aliphatic rings. The lowest BCUT2D eigenvalue weighted by atomic mass is 10.2. The van der Waals surface area contributed by atoms with Crippen molar-refractivity contribution in [1.82, 2.24) is 15.1 Å². The minimum Gasteiger partial charge on any atom is -0.489 e. The molecule has 0 spiro atoms. The van der Waals surface area contributed by atoms with Crippen LogP contribution in [0.1, 0.15) is 25.0 Å². The van der Waals surface area contributed by atoms with Gasteiger partial charge in [0.15, 0.2) is 0 Å². The maximum absolute atomic E-state index is 13.6. The first-order chi connectivity index (χ1) is 9.52. The summed E-state index contributed by atoms with van der Waals surface area (Å²) in [5, 5.41) is 7.32. The summed E-state index contributed by atoms with van der Waals surface area (Å²) in [6.45, 7) is 5.12. The van der Waals surface area contributed by atoms with Crippen molar-refractivity contribution in [3.8, 4) is 5.75 Å². The van der Waals surface area contributed by atoms with Gasteiger partial charge in [-0.2, -0.15) is 5.10 Å². The molecule has 0 saturated heterocycles. The van der Waals surface area contributed by atoms with E-state index in [2.05, 4.69) is 24.3 Å². The molecule has 2 rings (SSSR count). The fourth-order valence-electron chi connectivity index (χ4n) is 1.84. The third-order valence-electron chi connectivity index (χ3n) is 2.81. The van der Waals surface area contributed by atoms with Crippen LogP contribution < -0.4 is 10.1 Å². The molecule has 2 aromatic rings. The summed E-state index contributed by atoms with van der Waals surface area (Å²) in [4.78, 5) is 0. The molecule has 1 aromatic carbocycles. The fraction of sp³-hybridized carbons (Fsp3) is 0.400. The van der Waals surface area contributed by atoms with Gasteiger partial charge in [-0.1, -0.05) is 13.8 Å². The van der Waals surface area contributed by atoms with E-state index in [1.54, 1.807) is 10.9 Å². The zero-order valence-corrected chi connectivity index (χ0v) is 12.1. The Hall–Kier alpha value is -1.88. The molecule has 0 fully saturated rings. The molecule has 0 radical (unpaired) electrons. The lowest BCUT2D eigenvalue weighted by Gasteiger charge is -2.10. The lowest BCUT2D eigenvalue weighted by Crippen LogP contribution is -2.21. The number of aryl methyl sites for hydroxylation is 1. The van der Waals surface area contributed by atoms with Crippen molar-refractivity contribution in [2.75, 3.05) is 0 Å². The number of nitrogens with zero attached hydrogens (tertiary/aromatic N) is 2. The Morgan fingerprint density at radius 2 is 2.10 bits per heavy atom. The van der Waals surface area contributed by atoms with Gasteiger partial charge in [0.25, 0.3) is 0 Å². The quantitative estimate of drug-likeness (QED) is 0.882. The van der Waals surface area contributed by atoms with Crippen molar-refractivity contribution in [2.24, 2.45) is 7.05 Å². The molecule has 0 aliphatic carbocycles. The van der Waals surface area contributed by atoms with Crippen LogP contribution in [0.3, 0.4) is 0 Å². The highest BCUT2D eigenvalue weighted by atomic mass is 19.1. The third kappa shape index (κ3) is 4.35. The van der Waals surface area contributed by atoms with Crippen LogP contribution in [-0.2, 0) is 20.2 Å². The SMILES string of the molecule is CC(C)NCc1cc(F)cc(OCc2cnn(C)c2)c1. The van der Waals surface area contributed by atoms with Gasteiger partial charge in [-0.3, -0.25) is 4.68 Å². The zero-order valence-electron chi connectivity index (χ0n) is 12.1. The van der Waals surface area contributed by atoms with E-state index < -0.39 is 0 Å². The number of ether oxygens (including phenoxy) is 1. The van der Waals surface area contributed by atoms with Crippen molar-refractivity contribution in [2.45, 2.75) is 33.0 Å². The molecule has 0 unspecified atom stereocenters. The molecule has 4 nitrogen and oxygen atoms in total. The van der Waals surface area contributed by atoms with Crippen LogP contribution in [0.2, 0.25) is 0 Å². The standard InChI is InChI=1S/C15H20FN3O/c1-11(2)17-7-12-4-14(16)6-15(5-12)20-10-13-8-18-19(3)9-13/h4-6,8-9,11,17H,7,10H2,1-3H3. The molecule has 1 heterocycles. The Bertz CT molecular complexity index is 566. The van der Waals surface area contributed by atoms with Gasteiger partial charge in [0.2, 0.25) is 0 Å². The number of hydrogen-bond acceptors (Lipinski definition) is 3. The van der Waals surface area contributed by atoms with E-state index in [-0.39, 0.29) is 5.82 Å². The smallest absolute Gasteiger partial charge is 0.127 e. The number of nitrogens with one attached hydrogen (secondary N) is 1. The van der Waals surface area contributed by atoms with Crippen LogP contribution in [0.15, 0.2) is 30.6 Å². The molecule has 1 N–H and O–H groups in total.